The highest BCUT2D eigenvalue weighted by Gasteiger charge is 2.20. The monoisotopic (exact) mass is 674 g/mol. The minimum Gasteiger partial charge on any atom is -0.236 e. The highest BCUT2D eigenvalue weighted by molar-refractivity contribution is 7.26. The second-order valence-corrected chi connectivity index (χ2v) is 14.4. The Labute approximate surface area is 296 Å². The van der Waals surface area contributed by atoms with Crippen LogP contribution in [0.2, 0.25) is 0 Å². The smallest absolute Gasteiger partial charge is 0.164 e. The van der Waals surface area contributed by atoms with Crippen LogP contribution in [-0.4, -0.2) is 19.9 Å². The van der Waals surface area contributed by atoms with Crippen LogP contribution >= 0.6 is 22.7 Å². The number of rotatable bonds is 5. The van der Waals surface area contributed by atoms with Gasteiger partial charge in [0.15, 0.2) is 17.5 Å². The van der Waals surface area contributed by atoms with Crippen LogP contribution in [0.15, 0.2) is 158 Å². The fourth-order valence-corrected chi connectivity index (χ4v) is 8.97. The summed E-state index contributed by atoms with van der Waals surface area (Å²) in [6, 6.07) is 55.0. The average molecular weight is 675 g/mol. The summed E-state index contributed by atoms with van der Waals surface area (Å²) in [7, 11) is 0. The molecule has 4 nitrogen and oxygen atoms in total. The van der Waals surface area contributed by atoms with E-state index in [1.807, 2.05) is 30.3 Å². The zero-order valence-corrected chi connectivity index (χ0v) is 28.2. The van der Waals surface area contributed by atoms with E-state index in [0.717, 1.165) is 60.1 Å². The third-order valence-electron chi connectivity index (χ3n) is 9.15. The van der Waals surface area contributed by atoms with Gasteiger partial charge in [-0.1, -0.05) is 127 Å². The first-order valence-electron chi connectivity index (χ1n) is 16.5. The van der Waals surface area contributed by atoms with E-state index in [0.29, 0.717) is 17.5 Å². The van der Waals surface area contributed by atoms with Gasteiger partial charge in [-0.25, -0.2) is 19.9 Å². The maximum atomic E-state index is 5.30. The van der Waals surface area contributed by atoms with Crippen molar-refractivity contribution in [3.63, 3.8) is 0 Å². The average Bonchev–Trinajstić information content (AvgIpc) is 3.78. The van der Waals surface area contributed by atoms with E-state index in [-0.39, 0.29) is 0 Å². The summed E-state index contributed by atoms with van der Waals surface area (Å²) in [5, 5.41) is 5.64. The molecule has 0 bridgehead atoms. The summed E-state index contributed by atoms with van der Waals surface area (Å²) in [5.74, 6) is 1.93. The first-order valence-corrected chi connectivity index (χ1v) is 18.1. The van der Waals surface area contributed by atoms with Gasteiger partial charge in [0.25, 0.3) is 0 Å². The van der Waals surface area contributed by atoms with Gasteiger partial charge in [-0.3, -0.25) is 0 Å². The van der Waals surface area contributed by atoms with Gasteiger partial charge in [0.1, 0.15) is 5.01 Å². The van der Waals surface area contributed by atoms with E-state index >= 15 is 0 Å². The molecule has 0 radical (unpaired) electrons. The number of hydrogen-bond donors (Lipinski definition) is 0. The summed E-state index contributed by atoms with van der Waals surface area (Å²) >= 11 is 3.54. The highest BCUT2D eigenvalue weighted by atomic mass is 32.1. The number of thiophene rings is 1. The second-order valence-electron chi connectivity index (χ2n) is 12.3. The van der Waals surface area contributed by atoms with Crippen LogP contribution in [-0.2, 0) is 0 Å². The van der Waals surface area contributed by atoms with Crippen LogP contribution in [0.4, 0.5) is 0 Å². The zero-order chi connectivity index (χ0) is 33.0. The molecule has 10 rings (SSSR count). The highest BCUT2D eigenvalue weighted by Crippen LogP contribution is 2.43. The molecular formula is C44H26N4S2. The molecule has 0 N–H and O–H groups in total. The van der Waals surface area contributed by atoms with Crippen molar-refractivity contribution >= 4 is 63.8 Å². The van der Waals surface area contributed by atoms with Crippen molar-refractivity contribution < 1.29 is 0 Å². The van der Waals surface area contributed by atoms with Crippen molar-refractivity contribution in [2.24, 2.45) is 0 Å². The minimum absolute atomic E-state index is 0.642. The molecule has 0 fully saturated rings. The normalized spacial score (nSPS) is 11.6. The Bertz CT molecular complexity index is 2860. The molecule has 0 aliphatic rings. The molecule has 0 atom stereocenters. The summed E-state index contributed by atoms with van der Waals surface area (Å²) in [6.45, 7) is 0. The van der Waals surface area contributed by atoms with E-state index < -0.39 is 0 Å². The fourth-order valence-electron chi connectivity index (χ4n) is 6.75. The van der Waals surface area contributed by atoms with Crippen molar-refractivity contribution in [2.45, 2.75) is 0 Å². The molecule has 0 unspecified atom stereocenters. The predicted octanol–water partition coefficient (Wildman–Crippen LogP) is 12.3. The van der Waals surface area contributed by atoms with E-state index in [4.69, 9.17) is 19.9 Å². The first-order chi connectivity index (χ1) is 24.7. The molecule has 0 amide bonds. The third-order valence-corrected chi connectivity index (χ3v) is 11.3. The first kappa shape index (κ1) is 28.9. The SMILES string of the molecule is c1ccc(-c2nc(-c3cc4ccccc4cc3-c3ccccc3)nc(-c3cccc4sc5cc6sc(-c7ccccc7)nc6cc5c34)n2)cc1. The Hall–Kier alpha value is -6.08. The quantitative estimate of drug-likeness (QED) is 0.182. The van der Waals surface area contributed by atoms with Crippen molar-refractivity contribution in [2.75, 3.05) is 0 Å². The lowest BCUT2D eigenvalue weighted by Gasteiger charge is -2.14. The standard InChI is InChI=1S/C44H26N4S2/c1-4-13-27(14-5-1)33-23-30-19-10-11-20-31(30)24-34(33)43-47-41(28-15-6-2-7-16-28)46-42(48-43)32-21-12-22-37-40(32)35-25-36-39(26-38(35)49-37)50-44(45-36)29-17-8-3-9-18-29/h1-26H. The van der Waals surface area contributed by atoms with Crippen LogP contribution in [0, 0.1) is 0 Å². The lowest BCUT2D eigenvalue weighted by molar-refractivity contribution is 1.08. The van der Waals surface area contributed by atoms with Gasteiger partial charge in [0.2, 0.25) is 0 Å². The van der Waals surface area contributed by atoms with Crippen LogP contribution in [0.25, 0.3) is 97.0 Å². The number of nitrogens with zero attached hydrogens (tertiary/aromatic N) is 4. The topological polar surface area (TPSA) is 51.6 Å². The van der Waals surface area contributed by atoms with Gasteiger partial charge in [0, 0.05) is 42.4 Å². The predicted molar refractivity (Wildman–Crippen MR) is 211 cm³/mol. The number of thiazole rings is 1. The van der Waals surface area contributed by atoms with E-state index in [1.54, 1.807) is 22.7 Å². The van der Waals surface area contributed by atoms with Gasteiger partial charge >= 0.3 is 0 Å². The van der Waals surface area contributed by atoms with Gasteiger partial charge in [-0.15, -0.1) is 22.7 Å². The van der Waals surface area contributed by atoms with E-state index in [1.165, 1.54) is 19.5 Å². The molecule has 50 heavy (non-hydrogen) atoms. The third kappa shape index (κ3) is 4.96. The van der Waals surface area contributed by atoms with Crippen LogP contribution in [0.5, 0.6) is 0 Å². The number of aromatic nitrogens is 4. The molecule has 0 saturated carbocycles. The second kappa shape index (κ2) is 11.8. The minimum atomic E-state index is 0.642. The van der Waals surface area contributed by atoms with Gasteiger partial charge in [-0.2, -0.15) is 0 Å². The van der Waals surface area contributed by atoms with Crippen molar-refractivity contribution in [1.29, 1.82) is 0 Å². The van der Waals surface area contributed by atoms with E-state index in [2.05, 4.69) is 127 Å². The van der Waals surface area contributed by atoms with Gasteiger partial charge < -0.3 is 0 Å². The fraction of sp³-hybridized carbons (Fsp3) is 0. The number of hydrogen-bond acceptors (Lipinski definition) is 6. The Morgan fingerprint density at radius 2 is 0.960 bits per heavy atom. The number of benzene rings is 7. The zero-order valence-electron chi connectivity index (χ0n) is 26.6. The van der Waals surface area contributed by atoms with Crippen LogP contribution in [0.3, 0.4) is 0 Å². The molecule has 7 aromatic carbocycles. The summed E-state index contributed by atoms with van der Waals surface area (Å²) in [4.78, 5) is 20.7. The van der Waals surface area contributed by atoms with E-state index in [9.17, 15) is 0 Å². The molecular weight excluding hydrogens is 649 g/mol. The molecule has 6 heteroatoms. The molecule has 0 aliphatic carbocycles. The van der Waals surface area contributed by atoms with Crippen molar-refractivity contribution in [1.82, 2.24) is 19.9 Å². The molecule has 0 spiro atoms. The summed E-state index contributed by atoms with van der Waals surface area (Å²) in [5.41, 5.74) is 7.23. The van der Waals surface area contributed by atoms with Crippen molar-refractivity contribution in [3.05, 3.63) is 158 Å². The Kier molecular flexibility index (Phi) is 6.82. The molecule has 0 saturated heterocycles. The molecule has 3 aromatic heterocycles. The molecule has 10 aromatic rings. The summed E-state index contributed by atoms with van der Waals surface area (Å²) in [6.07, 6.45) is 0. The lowest BCUT2D eigenvalue weighted by Crippen LogP contribution is -2.01. The van der Waals surface area contributed by atoms with Crippen LogP contribution < -0.4 is 0 Å². The van der Waals surface area contributed by atoms with Gasteiger partial charge in [-0.05, 0) is 52.2 Å². The maximum Gasteiger partial charge on any atom is 0.164 e. The number of fused-ring (bicyclic) bond motifs is 5. The Morgan fingerprint density at radius 3 is 1.68 bits per heavy atom. The Morgan fingerprint density at radius 1 is 0.360 bits per heavy atom. The summed E-state index contributed by atoms with van der Waals surface area (Å²) < 4.78 is 3.60. The maximum absolute atomic E-state index is 5.30. The lowest BCUT2D eigenvalue weighted by atomic mass is 9.95. The van der Waals surface area contributed by atoms with Gasteiger partial charge in [0.05, 0.1) is 10.2 Å². The Balaban J connectivity index is 1.22. The molecule has 0 aliphatic heterocycles. The molecule has 3 heterocycles. The van der Waals surface area contributed by atoms with Crippen LogP contribution in [0.1, 0.15) is 0 Å². The van der Waals surface area contributed by atoms with Crippen molar-refractivity contribution in [3.8, 4) is 55.9 Å². The largest absolute Gasteiger partial charge is 0.236 e. The molecule has 234 valence electrons.